The molecule has 0 aliphatic carbocycles. The minimum absolute atomic E-state index is 0.133. The van der Waals surface area contributed by atoms with Gasteiger partial charge in [-0.3, -0.25) is 0 Å². The van der Waals surface area contributed by atoms with Gasteiger partial charge in [0.25, 0.3) is 0 Å². The maximum atomic E-state index is 12.4. The van der Waals surface area contributed by atoms with E-state index in [9.17, 15) is 4.79 Å². The number of ether oxygens (including phenoxy) is 1. The minimum Gasteiger partial charge on any atom is -0.455 e. The van der Waals surface area contributed by atoms with Crippen LogP contribution in [-0.2, 0) is 11.3 Å². The van der Waals surface area contributed by atoms with Crippen LogP contribution in [0.15, 0.2) is 52.8 Å². The number of nitrogens with zero attached hydrogens (tertiary/aromatic N) is 4. The minimum atomic E-state index is -0.422. The highest BCUT2D eigenvalue weighted by Gasteiger charge is 2.17. The van der Waals surface area contributed by atoms with E-state index in [1.807, 2.05) is 47.3 Å². The van der Waals surface area contributed by atoms with Gasteiger partial charge in [0, 0.05) is 22.5 Å². The van der Waals surface area contributed by atoms with Crippen molar-refractivity contribution in [2.75, 3.05) is 0 Å². The Morgan fingerprint density at radius 3 is 2.96 bits per heavy atom. The molecule has 26 heavy (non-hydrogen) atoms. The van der Waals surface area contributed by atoms with Gasteiger partial charge in [0.2, 0.25) is 0 Å². The van der Waals surface area contributed by atoms with Gasteiger partial charge in [-0.15, -0.1) is 11.3 Å². The first-order valence-corrected chi connectivity index (χ1v) is 9.65. The molecule has 0 aliphatic heterocycles. The molecule has 130 valence electrons. The topological polar surface area (TPSA) is 69.9 Å². The van der Waals surface area contributed by atoms with Gasteiger partial charge in [0.1, 0.15) is 17.2 Å². The average molecular weight is 382 g/mol. The molecule has 8 heteroatoms. The van der Waals surface area contributed by atoms with Crippen molar-refractivity contribution < 1.29 is 9.53 Å². The van der Waals surface area contributed by atoms with Crippen LogP contribution in [0, 0.1) is 6.92 Å². The van der Waals surface area contributed by atoms with Crippen LogP contribution < -0.4 is 0 Å². The number of aromatic nitrogens is 4. The SMILES string of the molecule is Cc1c(C(=O)OCc2csc(-c3ccsc3)n2)cnn1-c1ccccn1. The second kappa shape index (κ2) is 7.19. The Morgan fingerprint density at radius 2 is 2.19 bits per heavy atom. The van der Waals surface area contributed by atoms with Crippen LogP contribution in [0.4, 0.5) is 0 Å². The molecule has 6 nitrogen and oxygen atoms in total. The summed E-state index contributed by atoms with van der Waals surface area (Å²) in [5, 5.41) is 11.1. The van der Waals surface area contributed by atoms with E-state index < -0.39 is 5.97 Å². The van der Waals surface area contributed by atoms with Crippen molar-refractivity contribution >= 4 is 28.6 Å². The first-order chi connectivity index (χ1) is 12.7. The van der Waals surface area contributed by atoms with Gasteiger partial charge in [-0.1, -0.05) is 6.07 Å². The number of hydrogen-bond donors (Lipinski definition) is 0. The predicted molar refractivity (Wildman–Crippen MR) is 101 cm³/mol. The summed E-state index contributed by atoms with van der Waals surface area (Å²) in [5.74, 6) is 0.235. The zero-order valence-corrected chi connectivity index (χ0v) is 15.5. The molecule has 0 amide bonds. The summed E-state index contributed by atoms with van der Waals surface area (Å²) in [5.41, 5.74) is 2.93. The van der Waals surface area contributed by atoms with E-state index >= 15 is 0 Å². The van der Waals surface area contributed by atoms with Crippen LogP contribution in [0.25, 0.3) is 16.4 Å². The number of esters is 1. The van der Waals surface area contributed by atoms with Crippen LogP contribution in [0.5, 0.6) is 0 Å². The Balaban J connectivity index is 1.45. The lowest BCUT2D eigenvalue weighted by atomic mass is 10.2. The molecule has 0 bridgehead atoms. The maximum absolute atomic E-state index is 12.4. The van der Waals surface area contributed by atoms with Gasteiger partial charge in [-0.05, 0) is 30.5 Å². The van der Waals surface area contributed by atoms with Crippen molar-refractivity contribution in [1.29, 1.82) is 0 Å². The van der Waals surface area contributed by atoms with Crippen molar-refractivity contribution in [2.24, 2.45) is 0 Å². The Labute approximate surface area is 157 Å². The van der Waals surface area contributed by atoms with E-state index in [2.05, 4.69) is 15.1 Å². The molecule has 4 aromatic rings. The van der Waals surface area contributed by atoms with E-state index in [0.717, 1.165) is 16.3 Å². The first-order valence-electron chi connectivity index (χ1n) is 7.82. The summed E-state index contributed by atoms with van der Waals surface area (Å²) in [6.07, 6.45) is 3.19. The summed E-state index contributed by atoms with van der Waals surface area (Å²) in [6, 6.07) is 7.55. The predicted octanol–water partition coefficient (Wildman–Crippen LogP) is 4.12. The molecule has 0 saturated carbocycles. The molecule has 4 heterocycles. The maximum Gasteiger partial charge on any atom is 0.342 e. The van der Waals surface area contributed by atoms with Gasteiger partial charge in [0.05, 0.1) is 17.6 Å². The van der Waals surface area contributed by atoms with Crippen LogP contribution in [-0.4, -0.2) is 25.7 Å². The number of thiophene rings is 1. The fraction of sp³-hybridized carbons (Fsp3) is 0.111. The molecule has 0 radical (unpaired) electrons. The summed E-state index contributed by atoms with van der Waals surface area (Å²) in [4.78, 5) is 21.2. The highest BCUT2D eigenvalue weighted by molar-refractivity contribution is 7.14. The van der Waals surface area contributed by atoms with Crippen molar-refractivity contribution in [3.63, 3.8) is 0 Å². The Bertz CT molecular complexity index is 1020. The lowest BCUT2D eigenvalue weighted by molar-refractivity contribution is 0.0467. The Kier molecular flexibility index (Phi) is 4.59. The van der Waals surface area contributed by atoms with E-state index in [0.29, 0.717) is 17.1 Å². The summed E-state index contributed by atoms with van der Waals surface area (Å²) < 4.78 is 7.03. The van der Waals surface area contributed by atoms with Crippen molar-refractivity contribution in [3.05, 3.63) is 69.8 Å². The lowest BCUT2D eigenvalue weighted by Gasteiger charge is -2.04. The molecule has 0 atom stereocenters. The standard InChI is InChI=1S/C18H14N4O2S2/c1-12-15(8-20-22(12)16-4-2-3-6-19-16)18(23)24-9-14-11-26-17(21-14)13-5-7-25-10-13/h2-8,10-11H,9H2,1H3. The molecule has 0 unspecified atom stereocenters. The van der Waals surface area contributed by atoms with Crippen molar-refractivity contribution in [1.82, 2.24) is 19.7 Å². The molecule has 0 N–H and O–H groups in total. The zero-order valence-electron chi connectivity index (χ0n) is 13.8. The quantitative estimate of drug-likeness (QED) is 0.486. The van der Waals surface area contributed by atoms with Gasteiger partial charge in [0.15, 0.2) is 5.82 Å². The summed E-state index contributed by atoms with van der Waals surface area (Å²) in [6.45, 7) is 1.95. The molecular formula is C18H14N4O2S2. The van der Waals surface area contributed by atoms with Crippen LogP contribution >= 0.6 is 22.7 Å². The molecule has 4 rings (SSSR count). The molecular weight excluding hydrogens is 368 g/mol. The number of pyridine rings is 1. The normalized spacial score (nSPS) is 10.8. The third-order valence-electron chi connectivity index (χ3n) is 3.77. The Morgan fingerprint density at radius 1 is 1.27 bits per heavy atom. The molecule has 0 fully saturated rings. The smallest absolute Gasteiger partial charge is 0.342 e. The van der Waals surface area contributed by atoms with Gasteiger partial charge < -0.3 is 4.74 Å². The summed E-state index contributed by atoms with van der Waals surface area (Å²) in [7, 11) is 0. The van der Waals surface area contributed by atoms with Crippen molar-refractivity contribution in [3.8, 4) is 16.4 Å². The fourth-order valence-electron chi connectivity index (χ4n) is 2.43. The average Bonchev–Trinajstić information content (AvgIpc) is 3.41. The lowest BCUT2D eigenvalue weighted by Crippen LogP contribution is -2.08. The molecule has 0 saturated heterocycles. The number of rotatable bonds is 5. The fourth-order valence-corrected chi connectivity index (χ4v) is 3.95. The summed E-state index contributed by atoms with van der Waals surface area (Å²) >= 11 is 3.17. The van der Waals surface area contributed by atoms with Gasteiger partial charge in [-0.25, -0.2) is 19.4 Å². The largest absolute Gasteiger partial charge is 0.455 e. The highest BCUT2D eigenvalue weighted by Crippen LogP contribution is 2.26. The van der Waals surface area contributed by atoms with Crippen molar-refractivity contribution in [2.45, 2.75) is 13.5 Å². The van der Waals surface area contributed by atoms with Gasteiger partial charge >= 0.3 is 5.97 Å². The second-order valence-corrected chi connectivity index (χ2v) is 7.11. The van der Waals surface area contributed by atoms with E-state index in [1.54, 1.807) is 22.2 Å². The monoisotopic (exact) mass is 382 g/mol. The van der Waals surface area contributed by atoms with Crippen LogP contribution in [0.2, 0.25) is 0 Å². The molecule has 0 spiro atoms. The Hall–Kier alpha value is -2.84. The van der Waals surface area contributed by atoms with Gasteiger partial charge in [-0.2, -0.15) is 16.4 Å². The van der Waals surface area contributed by atoms with Crippen LogP contribution in [0.3, 0.4) is 0 Å². The van der Waals surface area contributed by atoms with E-state index in [4.69, 9.17) is 4.74 Å². The van der Waals surface area contributed by atoms with Crippen LogP contribution in [0.1, 0.15) is 21.7 Å². The third kappa shape index (κ3) is 3.29. The number of carbonyl (C=O) groups is 1. The third-order valence-corrected chi connectivity index (χ3v) is 5.39. The molecule has 0 aromatic carbocycles. The zero-order chi connectivity index (χ0) is 17.9. The highest BCUT2D eigenvalue weighted by atomic mass is 32.1. The number of hydrogen-bond acceptors (Lipinski definition) is 7. The second-order valence-electron chi connectivity index (χ2n) is 5.48. The number of carbonyl (C=O) groups excluding carboxylic acids is 1. The number of thiazole rings is 1. The molecule has 0 aliphatic rings. The van der Waals surface area contributed by atoms with E-state index in [1.165, 1.54) is 17.5 Å². The van der Waals surface area contributed by atoms with E-state index in [-0.39, 0.29) is 6.61 Å². The molecule has 4 aromatic heterocycles. The first kappa shape index (κ1) is 16.6.